The third kappa shape index (κ3) is 4.59. The molecule has 2 saturated carbocycles. The molecular weight excluding hydrogens is 529 g/mol. The zero-order valence-electron chi connectivity index (χ0n) is 17.5. The van der Waals surface area contributed by atoms with E-state index in [1.807, 2.05) is 0 Å². The molecule has 0 spiro atoms. The summed E-state index contributed by atoms with van der Waals surface area (Å²) in [6.07, 6.45) is -13.2. The molecule has 30 heavy (non-hydrogen) atoms. The molecule has 2 fully saturated rings. The smallest absolute Gasteiger partial charge is 0.430 e. The molecule has 10 heteroatoms. The number of ether oxygens (including phenoxy) is 1. The molecule has 0 heterocycles. The first-order valence-electron chi connectivity index (χ1n) is 10.2. The molecule has 4 unspecified atom stereocenters. The first-order chi connectivity index (χ1) is 13.4. The molecule has 1 N–H and O–H groups in total. The molecule has 0 saturated heterocycles. The van der Waals surface area contributed by atoms with Crippen LogP contribution in [0.15, 0.2) is 0 Å². The first kappa shape index (κ1) is 26.0. The third-order valence-corrected chi connectivity index (χ3v) is 7.99. The van der Waals surface area contributed by atoms with Gasteiger partial charge in [-0.3, -0.25) is 4.79 Å². The van der Waals surface area contributed by atoms with Gasteiger partial charge in [-0.1, -0.05) is 43.4 Å². The van der Waals surface area contributed by atoms with Crippen LogP contribution in [0.2, 0.25) is 0 Å². The highest BCUT2D eigenvalue weighted by Crippen LogP contribution is 2.61. The normalized spacial score (nSPS) is 33.5. The van der Waals surface area contributed by atoms with Crippen LogP contribution in [-0.4, -0.2) is 38.6 Å². The van der Waals surface area contributed by atoms with Gasteiger partial charge in [0.05, 0.1) is 0 Å². The monoisotopic (exact) mass is 558 g/mol. The standard InChI is InChI=1S/C20H29F6IO3/c1-5-16(4,27)15(28)30-14(18(29,19(21,22)23)20(24,25)26)17-8-11(2)6-13(10-17)7-12(3)9-17/h11-14,29H,5-10H2,1-4H3. The van der Waals surface area contributed by atoms with Crippen molar-refractivity contribution < 1.29 is 41.0 Å². The van der Waals surface area contributed by atoms with Crippen molar-refractivity contribution in [3.05, 3.63) is 0 Å². The fraction of sp³-hybridized carbons (Fsp3) is 0.950. The lowest BCUT2D eigenvalue weighted by Gasteiger charge is -2.56. The number of esters is 1. The van der Waals surface area contributed by atoms with Gasteiger partial charge in [-0.05, 0) is 63.2 Å². The molecule has 0 radical (unpaired) electrons. The van der Waals surface area contributed by atoms with Crippen molar-refractivity contribution in [2.75, 3.05) is 0 Å². The summed E-state index contributed by atoms with van der Waals surface area (Å²) in [5, 5.41) is 10.3. The van der Waals surface area contributed by atoms with Gasteiger partial charge in [-0.25, -0.2) is 0 Å². The van der Waals surface area contributed by atoms with Gasteiger partial charge in [0.15, 0.2) is 6.10 Å². The maximum atomic E-state index is 13.9. The number of hydrogen-bond acceptors (Lipinski definition) is 3. The summed E-state index contributed by atoms with van der Waals surface area (Å²) in [7, 11) is 0. The lowest BCUT2D eigenvalue weighted by atomic mass is 9.52. The summed E-state index contributed by atoms with van der Waals surface area (Å²) < 4.78 is 87.1. The molecule has 176 valence electrons. The van der Waals surface area contributed by atoms with Gasteiger partial charge in [0.2, 0.25) is 0 Å². The van der Waals surface area contributed by atoms with Crippen molar-refractivity contribution in [2.24, 2.45) is 23.2 Å². The topological polar surface area (TPSA) is 46.5 Å². The van der Waals surface area contributed by atoms with Crippen LogP contribution in [0.4, 0.5) is 26.3 Å². The molecule has 2 aliphatic carbocycles. The van der Waals surface area contributed by atoms with Crippen LogP contribution < -0.4 is 0 Å². The zero-order chi connectivity index (χ0) is 23.3. The number of alkyl halides is 7. The molecular formula is C20H29F6IO3. The minimum atomic E-state index is -6.06. The summed E-state index contributed by atoms with van der Waals surface area (Å²) >= 11 is 1.66. The van der Waals surface area contributed by atoms with E-state index < -0.39 is 38.9 Å². The second-order valence-corrected chi connectivity index (χ2v) is 12.0. The first-order valence-corrected chi connectivity index (χ1v) is 11.2. The van der Waals surface area contributed by atoms with E-state index >= 15 is 0 Å². The van der Waals surface area contributed by atoms with E-state index in [0.717, 1.165) is 0 Å². The summed E-state index contributed by atoms with van der Waals surface area (Å²) in [5.74, 6) is -1.52. The van der Waals surface area contributed by atoms with Crippen LogP contribution in [-0.2, 0) is 9.53 Å². The molecule has 0 aromatic carbocycles. The average Bonchev–Trinajstić information content (AvgIpc) is 2.55. The highest BCUT2D eigenvalue weighted by atomic mass is 127. The molecule has 2 bridgehead atoms. The number of carbonyl (C=O) groups excluding carboxylic acids is 1. The molecule has 0 amide bonds. The van der Waals surface area contributed by atoms with Gasteiger partial charge >= 0.3 is 18.3 Å². The molecule has 0 aromatic rings. The molecule has 2 aliphatic rings. The SMILES string of the molecule is CCC(C)(I)C(=O)OC(C12CC(C)CC(CC(C)C1)C2)C(O)(C(F)(F)F)C(F)(F)F. The van der Waals surface area contributed by atoms with Crippen LogP contribution in [0.1, 0.15) is 66.2 Å². The number of carbonyl (C=O) groups is 1. The Kier molecular flexibility index (Phi) is 7.16. The number of fused-ring (bicyclic) bond motifs is 2. The van der Waals surface area contributed by atoms with E-state index in [0.29, 0.717) is 12.8 Å². The molecule has 0 aliphatic heterocycles. The fourth-order valence-electron chi connectivity index (χ4n) is 5.59. The van der Waals surface area contributed by atoms with Crippen LogP contribution in [0.25, 0.3) is 0 Å². The Morgan fingerprint density at radius 1 is 1.07 bits per heavy atom. The van der Waals surface area contributed by atoms with Crippen molar-refractivity contribution in [1.29, 1.82) is 0 Å². The van der Waals surface area contributed by atoms with Crippen molar-refractivity contribution in [3.8, 4) is 0 Å². The maximum absolute atomic E-state index is 13.9. The largest absolute Gasteiger partial charge is 0.457 e. The lowest BCUT2D eigenvalue weighted by Crippen LogP contribution is -2.71. The molecule has 4 atom stereocenters. The summed E-state index contributed by atoms with van der Waals surface area (Å²) in [6.45, 7) is 6.54. The Morgan fingerprint density at radius 2 is 1.50 bits per heavy atom. The van der Waals surface area contributed by atoms with Gasteiger partial charge in [0, 0.05) is 5.41 Å². The predicted octanol–water partition coefficient (Wildman–Crippen LogP) is 6.21. The second kappa shape index (κ2) is 8.26. The second-order valence-electron chi connectivity index (χ2n) is 9.62. The van der Waals surface area contributed by atoms with E-state index in [1.54, 1.807) is 43.4 Å². The summed E-state index contributed by atoms with van der Waals surface area (Å²) in [4.78, 5) is 12.7. The highest BCUT2D eigenvalue weighted by molar-refractivity contribution is 14.1. The van der Waals surface area contributed by atoms with Gasteiger partial charge in [0.25, 0.3) is 5.60 Å². The number of aliphatic hydroxyl groups is 1. The summed E-state index contributed by atoms with van der Waals surface area (Å²) in [5.41, 5.74) is -6.75. The average molecular weight is 558 g/mol. The van der Waals surface area contributed by atoms with Crippen LogP contribution >= 0.6 is 22.6 Å². The van der Waals surface area contributed by atoms with Crippen LogP contribution in [0.5, 0.6) is 0 Å². The molecule has 3 nitrogen and oxygen atoms in total. The van der Waals surface area contributed by atoms with E-state index in [9.17, 15) is 36.2 Å². The van der Waals surface area contributed by atoms with Crippen molar-refractivity contribution in [2.45, 2.75) is 93.7 Å². The van der Waals surface area contributed by atoms with Crippen molar-refractivity contribution in [1.82, 2.24) is 0 Å². The fourth-order valence-corrected chi connectivity index (χ4v) is 5.71. The number of hydrogen-bond donors (Lipinski definition) is 1. The quantitative estimate of drug-likeness (QED) is 0.189. The summed E-state index contributed by atoms with van der Waals surface area (Å²) in [6, 6.07) is 0. The van der Waals surface area contributed by atoms with Crippen molar-refractivity contribution in [3.63, 3.8) is 0 Å². The Balaban J connectivity index is 2.68. The van der Waals surface area contributed by atoms with Crippen molar-refractivity contribution >= 4 is 28.6 Å². The minimum Gasteiger partial charge on any atom is -0.457 e. The number of rotatable bonds is 5. The Morgan fingerprint density at radius 3 is 1.87 bits per heavy atom. The van der Waals surface area contributed by atoms with E-state index in [1.165, 1.54) is 6.92 Å². The Hall–Kier alpha value is -0.260. The molecule has 0 aromatic heterocycles. The van der Waals surface area contributed by atoms with E-state index in [-0.39, 0.29) is 43.4 Å². The third-order valence-electron chi connectivity index (χ3n) is 6.79. The van der Waals surface area contributed by atoms with E-state index in [2.05, 4.69) is 0 Å². The van der Waals surface area contributed by atoms with Gasteiger partial charge < -0.3 is 9.84 Å². The van der Waals surface area contributed by atoms with Gasteiger partial charge in [0.1, 0.15) is 3.42 Å². The maximum Gasteiger partial charge on any atom is 0.430 e. The minimum absolute atomic E-state index is 0.0321. The van der Waals surface area contributed by atoms with Crippen LogP contribution in [0, 0.1) is 23.2 Å². The Bertz CT molecular complexity index is 612. The van der Waals surface area contributed by atoms with Crippen LogP contribution in [0.3, 0.4) is 0 Å². The number of halogens is 7. The zero-order valence-corrected chi connectivity index (χ0v) is 19.6. The Labute approximate surface area is 186 Å². The van der Waals surface area contributed by atoms with E-state index in [4.69, 9.17) is 4.74 Å². The predicted molar refractivity (Wildman–Crippen MR) is 107 cm³/mol. The lowest BCUT2D eigenvalue weighted by molar-refractivity contribution is -0.405. The van der Waals surface area contributed by atoms with Gasteiger partial charge in [-0.2, -0.15) is 26.3 Å². The van der Waals surface area contributed by atoms with Gasteiger partial charge in [-0.15, -0.1) is 0 Å². The highest BCUT2D eigenvalue weighted by Gasteiger charge is 2.79. The molecule has 2 rings (SSSR count).